The third kappa shape index (κ3) is 6.28. The van der Waals surface area contributed by atoms with Crippen molar-refractivity contribution < 1.29 is 9.53 Å². The van der Waals surface area contributed by atoms with Crippen molar-refractivity contribution in [3.63, 3.8) is 0 Å². The van der Waals surface area contributed by atoms with E-state index in [0.29, 0.717) is 34.4 Å². The molecule has 2 aromatic carbocycles. The molecule has 0 spiro atoms. The minimum atomic E-state index is -0.509. The zero-order chi connectivity index (χ0) is 29.1. The lowest BCUT2D eigenvalue weighted by molar-refractivity contribution is -0.117. The number of nitriles is 1. The first-order valence-electron chi connectivity index (χ1n) is 13.4. The minimum Gasteiger partial charge on any atom is -0.457 e. The van der Waals surface area contributed by atoms with Crippen LogP contribution in [0.4, 0.5) is 5.82 Å². The highest BCUT2D eigenvalue weighted by atomic mass is 16.5. The summed E-state index contributed by atoms with van der Waals surface area (Å²) in [7, 11) is 0. The van der Waals surface area contributed by atoms with Crippen LogP contribution in [-0.4, -0.2) is 42.6 Å². The van der Waals surface area contributed by atoms with E-state index in [2.05, 4.69) is 20.6 Å². The van der Waals surface area contributed by atoms with Crippen molar-refractivity contribution >= 4 is 22.9 Å². The number of hydrogen-bond donors (Lipinski definition) is 3. The highest BCUT2D eigenvalue weighted by Crippen LogP contribution is 2.25. The fourth-order valence-electron chi connectivity index (χ4n) is 4.72. The van der Waals surface area contributed by atoms with Gasteiger partial charge in [-0.15, -0.1) is 0 Å². The minimum absolute atomic E-state index is 0.00848. The Balaban J connectivity index is 1.39. The van der Waals surface area contributed by atoms with Crippen LogP contribution in [-0.2, 0) is 11.3 Å². The number of benzene rings is 2. The molecule has 2 heterocycles. The van der Waals surface area contributed by atoms with Gasteiger partial charge in [-0.1, -0.05) is 18.2 Å². The SMILES string of the molecule is CC(Cn1c(=O)n(-c2ccc(Oc3ccccc3)cc2)c2c(N)ncnc21)NC(=O)C(C#N)=CC(C)(C)NC1CC1. The van der Waals surface area contributed by atoms with E-state index < -0.39 is 23.2 Å². The smallest absolute Gasteiger partial charge is 0.335 e. The predicted octanol–water partition coefficient (Wildman–Crippen LogP) is 3.44. The summed E-state index contributed by atoms with van der Waals surface area (Å²) in [6, 6.07) is 18.3. The van der Waals surface area contributed by atoms with Gasteiger partial charge in [-0.25, -0.2) is 14.8 Å². The summed E-state index contributed by atoms with van der Waals surface area (Å²) in [5.41, 5.74) is 6.56. The Hall–Kier alpha value is -4.95. The zero-order valence-electron chi connectivity index (χ0n) is 23.2. The van der Waals surface area contributed by atoms with Crippen LogP contribution in [0, 0.1) is 11.3 Å². The first-order valence-corrected chi connectivity index (χ1v) is 13.4. The number of aromatic nitrogens is 4. The number of carbonyl (C=O) groups is 1. The van der Waals surface area contributed by atoms with Gasteiger partial charge in [0.1, 0.15) is 35.0 Å². The van der Waals surface area contributed by atoms with E-state index in [9.17, 15) is 14.9 Å². The number of nitrogens with one attached hydrogen (secondary N) is 2. The van der Waals surface area contributed by atoms with Crippen molar-refractivity contribution in [2.24, 2.45) is 0 Å². The monoisotopic (exact) mass is 552 g/mol. The summed E-state index contributed by atoms with van der Waals surface area (Å²) in [5, 5.41) is 15.9. The Morgan fingerprint density at radius 1 is 1.17 bits per heavy atom. The average Bonchev–Trinajstić information content (AvgIpc) is 3.71. The van der Waals surface area contributed by atoms with Crippen LogP contribution in [0.2, 0.25) is 0 Å². The number of nitrogen functional groups attached to an aromatic ring is 1. The summed E-state index contributed by atoms with van der Waals surface area (Å²) in [6.45, 7) is 5.72. The van der Waals surface area contributed by atoms with Crippen LogP contribution < -0.4 is 26.8 Å². The fraction of sp³-hybridized carbons (Fsp3) is 0.300. The molecule has 1 aliphatic carbocycles. The molecule has 4 N–H and O–H groups in total. The Morgan fingerprint density at radius 3 is 2.51 bits per heavy atom. The number of nitrogens with zero attached hydrogens (tertiary/aromatic N) is 5. The van der Waals surface area contributed by atoms with Crippen molar-refractivity contribution in [1.29, 1.82) is 5.26 Å². The lowest BCUT2D eigenvalue weighted by Crippen LogP contribution is -2.42. The van der Waals surface area contributed by atoms with E-state index in [4.69, 9.17) is 10.5 Å². The molecule has 0 bridgehead atoms. The Morgan fingerprint density at radius 2 is 1.85 bits per heavy atom. The van der Waals surface area contributed by atoms with Gasteiger partial charge in [0.15, 0.2) is 11.5 Å². The van der Waals surface area contributed by atoms with Gasteiger partial charge in [-0.05, 0) is 76.1 Å². The van der Waals surface area contributed by atoms with Gasteiger partial charge in [0.05, 0.1) is 5.69 Å². The van der Waals surface area contributed by atoms with E-state index in [0.717, 1.165) is 12.8 Å². The Kier molecular flexibility index (Phi) is 7.59. The summed E-state index contributed by atoms with van der Waals surface area (Å²) in [4.78, 5) is 35.1. The predicted molar refractivity (Wildman–Crippen MR) is 156 cm³/mol. The van der Waals surface area contributed by atoms with Crippen molar-refractivity contribution in [2.45, 2.75) is 57.8 Å². The topological polar surface area (TPSA) is 153 Å². The third-order valence-corrected chi connectivity index (χ3v) is 6.66. The fourth-order valence-corrected chi connectivity index (χ4v) is 4.72. The lowest BCUT2D eigenvalue weighted by atomic mass is 10.0. The summed E-state index contributed by atoms with van der Waals surface area (Å²) < 4.78 is 8.76. The molecule has 1 atom stereocenters. The van der Waals surface area contributed by atoms with E-state index in [1.807, 2.05) is 50.2 Å². The molecule has 1 aliphatic rings. The molecule has 210 valence electrons. The molecule has 1 unspecified atom stereocenters. The second-order valence-corrected chi connectivity index (χ2v) is 10.8. The largest absolute Gasteiger partial charge is 0.457 e. The molecule has 11 nitrogen and oxygen atoms in total. The number of nitrogens with two attached hydrogens (primary N) is 1. The van der Waals surface area contributed by atoms with Crippen molar-refractivity contribution in [2.75, 3.05) is 5.73 Å². The number of rotatable bonds is 10. The van der Waals surface area contributed by atoms with E-state index in [-0.39, 0.29) is 17.9 Å². The molecular weight excluding hydrogens is 520 g/mol. The summed E-state index contributed by atoms with van der Waals surface area (Å²) >= 11 is 0. The number of imidazole rings is 1. The molecule has 0 saturated heterocycles. The highest BCUT2D eigenvalue weighted by Gasteiger charge is 2.29. The molecule has 2 aromatic heterocycles. The number of amides is 1. The number of carbonyl (C=O) groups excluding carboxylic acids is 1. The quantitative estimate of drug-likeness (QED) is 0.200. The van der Waals surface area contributed by atoms with Crippen LogP contribution in [0.3, 0.4) is 0 Å². The van der Waals surface area contributed by atoms with Crippen molar-refractivity contribution in [1.82, 2.24) is 29.7 Å². The second kappa shape index (κ2) is 11.3. The number of ether oxygens (including phenoxy) is 1. The van der Waals surface area contributed by atoms with E-state index >= 15 is 0 Å². The third-order valence-electron chi connectivity index (χ3n) is 6.66. The molecule has 5 rings (SSSR count). The van der Waals surface area contributed by atoms with Gasteiger partial charge in [-0.2, -0.15) is 5.26 Å². The molecule has 1 fully saturated rings. The molecular formula is C30H32N8O3. The summed E-state index contributed by atoms with van der Waals surface area (Å²) in [6.07, 6.45) is 5.11. The standard InChI is InChI=1S/C30H32N8O3/c1-19(35-28(39)20(16-31)15-30(2,3)36-21-9-10-21)17-37-27-25(26(32)33-18-34-27)38(29(37)40)22-11-13-24(14-12-22)41-23-7-5-4-6-8-23/h4-8,11-15,18-19,21,36H,9-10,17H2,1-3H3,(H,35,39)(H2,32,33,34). The van der Waals surface area contributed by atoms with Gasteiger partial charge in [0.2, 0.25) is 0 Å². The van der Waals surface area contributed by atoms with Crippen LogP contribution in [0.1, 0.15) is 33.6 Å². The van der Waals surface area contributed by atoms with Crippen LogP contribution in [0.15, 0.2) is 77.4 Å². The van der Waals surface area contributed by atoms with Crippen molar-refractivity contribution in [3.05, 3.63) is 83.1 Å². The van der Waals surface area contributed by atoms with Crippen molar-refractivity contribution in [3.8, 4) is 23.3 Å². The molecule has 41 heavy (non-hydrogen) atoms. The number of anilines is 1. The maximum Gasteiger partial charge on any atom is 0.335 e. The first kappa shape index (κ1) is 27.6. The summed E-state index contributed by atoms with van der Waals surface area (Å²) in [5.74, 6) is 0.937. The maximum atomic E-state index is 13.7. The molecule has 0 radical (unpaired) electrons. The van der Waals surface area contributed by atoms with Gasteiger partial charge in [-0.3, -0.25) is 13.9 Å². The van der Waals surface area contributed by atoms with E-state index in [1.165, 1.54) is 15.5 Å². The Bertz CT molecular complexity index is 1690. The van der Waals surface area contributed by atoms with Gasteiger partial charge in [0, 0.05) is 24.2 Å². The van der Waals surface area contributed by atoms with E-state index in [1.54, 1.807) is 37.3 Å². The lowest BCUT2D eigenvalue weighted by Gasteiger charge is -2.23. The molecule has 4 aromatic rings. The molecule has 0 aliphatic heterocycles. The van der Waals surface area contributed by atoms with Crippen LogP contribution >= 0.6 is 0 Å². The molecule has 1 saturated carbocycles. The molecule has 1 amide bonds. The normalized spacial score (nSPS) is 14.4. The number of hydrogen-bond acceptors (Lipinski definition) is 8. The molecule has 11 heteroatoms. The van der Waals surface area contributed by atoms with Crippen LogP contribution in [0.5, 0.6) is 11.5 Å². The van der Waals surface area contributed by atoms with Gasteiger partial charge < -0.3 is 21.1 Å². The Labute approximate surface area is 237 Å². The zero-order valence-corrected chi connectivity index (χ0v) is 23.2. The number of para-hydroxylation sites is 1. The number of fused-ring (bicyclic) bond motifs is 1. The first-order chi connectivity index (χ1) is 19.6. The van der Waals surface area contributed by atoms with Gasteiger partial charge in [0.25, 0.3) is 5.91 Å². The maximum absolute atomic E-state index is 13.7. The second-order valence-electron chi connectivity index (χ2n) is 10.8. The van der Waals surface area contributed by atoms with Crippen LogP contribution in [0.25, 0.3) is 16.9 Å². The highest BCUT2D eigenvalue weighted by molar-refractivity contribution is 5.97. The van der Waals surface area contributed by atoms with Gasteiger partial charge >= 0.3 is 5.69 Å². The average molecular weight is 553 g/mol.